The standard InChI is InChI=1S/C14H15N3O2/c1-17-7-5-10(16-17)9-13(18)11-3-2-4-12-14(11)19-8-6-15-12/h2-5,7,15H,6,8-9H2,1H3. The molecule has 1 aromatic carbocycles. The molecule has 0 radical (unpaired) electrons. The number of ketones is 1. The highest BCUT2D eigenvalue weighted by Gasteiger charge is 2.19. The topological polar surface area (TPSA) is 56.1 Å². The average Bonchev–Trinajstić information content (AvgIpc) is 2.83. The summed E-state index contributed by atoms with van der Waals surface area (Å²) < 4.78 is 7.31. The summed E-state index contributed by atoms with van der Waals surface area (Å²) in [5.41, 5.74) is 2.28. The van der Waals surface area contributed by atoms with Crippen LogP contribution in [0.25, 0.3) is 0 Å². The van der Waals surface area contributed by atoms with Crippen molar-refractivity contribution in [2.45, 2.75) is 6.42 Å². The van der Waals surface area contributed by atoms with Crippen molar-refractivity contribution in [3.8, 4) is 5.75 Å². The summed E-state index contributed by atoms with van der Waals surface area (Å²) in [4.78, 5) is 12.3. The second-order valence-electron chi connectivity index (χ2n) is 4.54. The van der Waals surface area contributed by atoms with Crippen LogP contribution in [0.2, 0.25) is 0 Å². The van der Waals surface area contributed by atoms with Gasteiger partial charge in [-0.05, 0) is 18.2 Å². The number of aromatic nitrogens is 2. The molecule has 2 aromatic rings. The van der Waals surface area contributed by atoms with Crippen LogP contribution in [0.15, 0.2) is 30.5 Å². The third kappa shape index (κ3) is 2.31. The zero-order chi connectivity index (χ0) is 13.2. The molecule has 5 heteroatoms. The van der Waals surface area contributed by atoms with Crippen molar-refractivity contribution in [3.05, 3.63) is 41.7 Å². The van der Waals surface area contributed by atoms with Gasteiger partial charge in [0.05, 0.1) is 23.4 Å². The fraction of sp³-hybridized carbons (Fsp3) is 0.286. The quantitative estimate of drug-likeness (QED) is 0.849. The lowest BCUT2D eigenvalue weighted by molar-refractivity contribution is 0.0988. The highest BCUT2D eigenvalue weighted by molar-refractivity contribution is 6.01. The Morgan fingerprint density at radius 3 is 3.16 bits per heavy atom. The van der Waals surface area contributed by atoms with E-state index in [0.717, 1.165) is 17.9 Å². The molecular weight excluding hydrogens is 242 g/mol. The van der Waals surface area contributed by atoms with Gasteiger partial charge >= 0.3 is 0 Å². The Morgan fingerprint density at radius 1 is 1.47 bits per heavy atom. The summed E-state index contributed by atoms with van der Waals surface area (Å²) in [6.45, 7) is 1.35. The highest BCUT2D eigenvalue weighted by Crippen LogP contribution is 2.31. The van der Waals surface area contributed by atoms with Gasteiger partial charge in [0.15, 0.2) is 11.5 Å². The van der Waals surface area contributed by atoms with Gasteiger partial charge in [0.1, 0.15) is 6.61 Å². The first-order chi connectivity index (χ1) is 9.24. The molecule has 5 nitrogen and oxygen atoms in total. The zero-order valence-corrected chi connectivity index (χ0v) is 10.7. The van der Waals surface area contributed by atoms with Crippen molar-refractivity contribution in [2.75, 3.05) is 18.5 Å². The molecule has 0 spiro atoms. The highest BCUT2D eigenvalue weighted by atomic mass is 16.5. The van der Waals surface area contributed by atoms with Crippen molar-refractivity contribution in [3.63, 3.8) is 0 Å². The third-order valence-corrected chi connectivity index (χ3v) is 3.09. The van der Waals surface area contributed by atoms with E-state index in [1.54, 1.807) is 10.7 Å². The van der Waals surface area contributed by atoms with Gasteiger partial charge in [-0.15, -0.1) is 0 Å². The number of nitrogens with one attached hydrogen (secondary N) is 1. The van der Waals surface area contributed by atoms with E-state index < -0.39 is 0 Å². The number of anilines is 1. The minimum Gasteiger partial charge on any atom is -0.489 e. The molecule has 0 saturated heterocycles. The molecule has 0 aliphatic carbocycles. The Balaban J connectivity index is 1.87. The first-order valence-electron chi connectivity index (χ1n) is 6.25. The molecule has 0 amide bonds. The maximum Gasteiger partial charge on any atom is 0.172 e. The molecule has 1 aliphatic rings. The maximum atomic E-state index is 12.3. The lowest BCUT2D eigenvalue weighted by atomic mass is 10.0. The first-order valence-corrected chi connectivity index (χ1v) is 6.25. The summed E-state index contributed by atoms with van der Waals surface area (Å²) in [7, 11) is 1.84. The Labute approximate surface area is 111 Å². The molecule has 1 N–H and O–H groups in total. The van der Waals surface area contributed by atoms with E-state index >= 15 is 0 Å². The van der Waals surface area contributed by atoms with Crippen LogP contribution in [-0.4, -0.2) is 28.7 Å². The van der Waals surface area contributed by atoms with Gasteiger partial charge in [-0.25, -0.2) is 0 Å². The van der Waals surface area contributed by atoms with Crippen LogP contribution in [-0.2, 0) is 13.5 Å². The van der Waals surface area contributed by atoms with E-state index in [9.17, 15) is 4.79 Å². The monoisotopic (exact) mass is 257 g/mol. The van der Waals surface area contributed by atoms with Crippen LogP contribution < -0.4 is 10.1 Å². The second kappa shape index (κ2) is 4.76. The van der Waals surface area contributed by atoms with E-state index in [1.165, 1.54) is 0 Å². The van der Waals surface area contributed by atoms with Crippen LogP contribution in [0.4, 0.5) is 5.69 Å². The van der Waals surface area contributed by atoms with Gasteiger partial charge in [0.2, 0.25) is 0 Å². The van der Waals surface area contributed by atoms with Crippen LogP contribution in [0.3, 0.4) is 0 Å². The molecule has 0 atom stereocenters. The number of Topliss-reactive ketones (excluding diaryl/α,β-unsaturated/α-hetero) is 1. The van der Waals surface area contributed by atoms with Gasteiger partial charge < -0.3 is 10.1 Å². The van der Waals surface area contributed by atoms with Crippen molar-refractivity contribution in [1.82, 2.24) is 9.78 Å². The maximum absolute atomic E-state index is 12.3. The number of ether oxygens (including phenoxy) is 1. The lowest BCUT2D eigenvalue weighted by Crippen LogP contribution is -2.20. The van der Waals surface area contributed by atoms with Crippen molar-refractivity contribution >= 4 is 11.5 Å². The molecule has 3 rings (SSSR count). The predicted octanol–water partition coefficient (Wildman–Crippen LogP) is 1.65. The number of carbonyl (C=O) groups excluding carboxylic acids is 1. The number of nitrogens with zero attached hydrogens (tertiary/aromatic N) is 2. The SMILES string of the molecule is Cn1ccc(CC(=O)c2cccc3c2OCCN3)n1. The summed E-state index contributed by atoms with van der Waals surface area (Å²) in [6.07, 6.45) is 2.13. The Kier molecular flexibility index (Phi) is 2.95. The van der Waals surface area contributed by atoms with Crippen molar-refractivity contribution in [1.29, 1.82) is 0 Å². The van der Waals surface area contributed by atoms with Crippen molar-refractivity contribution in [2.24, 2.45) is 7.05 Å². The van der Waals surface area contributed by atoms with Crippen LogP contribution in [0.1, 0.15) is 16.1 Å². The molecule has 0 bridgehead atoms. The van der Waals surface area contributed by atoms with E-state index in [0.29, 0.717) is 24.3 Å². The second-order valence-corrected chi connectivity index (χ2v) is 4.54. The number of benzene rings is 1. The summed E-state index contributed by atoms with van der Waals surface area (Å²) in [5.74, 6) is 0.689. The number of hydrogen-bond donors (Lipinski definition) is 1. The molecule has 19 heavy (non-hydrogen) atoms. The number of rotatable bonds is 3. The summed E-state index contributed by atoms with van der Waals surface area (Å²) in [5, 5.41) is 7.46. The number of carbonyl (C=O) groups is 1. The van der Waals surface area contributed by atoms with Crippen molar-refractivity contribution < 1.29 is 9.53 Å². The van der Waals surface area contributed by atoms with E-state index in [2.05, 4.69) is 10.4 Å². The average molecular weight is 257 g/mol. The van der Waals surface area contributed by atoms with Gasteiger partial charge in [-0.1, -0.05) is 6.07 Å². The zero-order valence-electron chi connectivity index (χ0n) is 10.7. The fourth-order valence-electron chi connectivity index (χ4n) is 2.21. The minimum atomic E-state index is 0.0271. The Bertz CT molecular complexity index is 619. The Hall–Kier alpha value is -2.30. The summed E-state index contributed by atoms with van der Waals surface area (Å²) >= 11 is 0. The third-order valence-electron chi connectivity index (χ3n) is 3.09. The first kappa shape index (κ1) is 11.8. The molecule has 0 unspecified atom stereocenters. The normalized spacial score (nSPS) is 13.3. The van der Waals surface area contributed by atoms with Gasteiger partial charge in [-0.3, -0.25) is 9.48 Å². The predicted molar refractivity (Wildman–Crippen MR) is 71.7 cm³/mol. The number of hydrogen-bond acceptors (Lipinski definition) is 4. The molecule has 1 aromatic heterocycles. The molecule has 98 valence electrons. The largest absolute Gasteiger partial charge is 0.489 e. The molecule has 0 saturated carbocycles. The van der Waals surface area contributed by atoms with Crippen LogP contribution in [0.5, 0.6) is 5.75 Å². The van der Waals surface area contributed by atoms with Gasteiger partial charge in [-0.2, -0.15) is 5.10 Å². The summed E-state index contributed by atoms with van der Waals surface area (Å²) in [6, 6.07) is 7.45. The molecule has 2 heterocycles. The van der Waals surface area contributed by atoms with Crippen LogP contribution in [0, 0.1) is 0 Å². The lowest BCUT2D eigenvalue weighted by Gasteiger charge is -2.21. The minimum absolute atomic E-state index is 0.0271. The van der Waals surface area contributed by atoms with E-state index in [1.807, 2.05) is 31.4 Å². The molecule has 1 aliphatic heterocycles. The van der Waals surface area contributed by atoms with Gasteiger partial charge in [0, 0.05) is 19.8 Å². The van der Waals surface area contributed by atoms with Gasteiger partial charge in [0.25, 0.3) is 0 Å². The number of para-hydroxylation sites is 1. The number of fused-ring (bicyclic) bond motifs is 1. The number of aryl methyl sites for hydroxylation is 1. The fourth-order valence-corrected chi connectivity index (χ4v) is 2.21. The Morgan fingerprint density at radius 2 is 2.37 bits per heavy atom. The van der Waals surface area contributed by atoms with E-state index in [-0.39, 0.29) is 5.78 Å². The smallest absolute Gasteiger partial charge is 0.172 e. The van der Waals surface area contributed by atoms with E-state index in [4.69, 9.17) is 4.74 Å². The van der Waals surface area contributed by atoms with Crippen LogP contribution >= 0.6 is 0 Å². The molecule has 0 fully saturated rings. The molecular formula is C14H15N3O2.